The second kappa shape index (κ2) is 21.8. The summed E-state index contributed by atoms with van der Waals surface area (Å²) in [6.45, 7) is 6.61. The van der Waals surface area contributed by atoms with Crippen LogP contribution < -0.4 is 0 Å². The van der Waals surface area contributed by atoms with Gasteiger partial charge in [-0.15, -0.1) is 102 Å². The monoisotopic (exact) mass is 830 g/mol. The first-order chi connectivity index (χ1) is 22.7. The van der Waals surface area contributed by atoms with Gasteiger partial charge in [-0.3, -0.25) is 0 Å². The molecule has 6 aromatic carbocycles. The van der Waals surface area contributed by atoms with Gasteiger partial charge >= 0.3 is 43.9 Å². The van der Waals surface area contributed by atoms with Crippen LogP contribution in [-0.4, -0.2) is 15.5 Å². The van der Waals surface area contributed by atoms with Crippen molar-refractivity contribution < 1.29 is 20.8 Å². The predicted octanol–water partition coefficient (Wildman–Crippen LogP) is 14.5. The van der Waals surface area contributed by atoms with Gasteiger partial charge in [0.1, 0.15) is 0 Å². The van der Waals surface area contributed by atoms with E-state index in [1.165, 1.54) is 67.4 Å². The van der Waals surface area contributed by atoms with Crippen LogP contribution in [-0.2, 0) is 33.7 Å². The van der Waals surface area contributed by atoms with Crippen LogP contribution in [0.2, 0.25) is 18.6 Å². The quantitative estimate of drug-likeness (QED) is 0.0589. The predicted molar refractivity (Wildman–Crippen MR) is 214 cm³/mol. The Morgan fingerprint density at radius 2 is 1.04 bits per heavy atom. The molecule has 0 saturated heterocycles. The molecule has 0 unspecified atom stereocenters. The molecule has 0 aliphatic rings. The Hall–Kier alpha value is -1.13. The van der Waals surface area contributed by atoms with Crippen molar-refractivity contribution in [3.8, 4) is 22.3 Å². The van der Waals surface area contributed by atoms with Crippen LogP contribution in [0.4, 0.5) is 0 Å². The van der Waals surface area contributed by atoms with Crippen LogP contribution >= 0.6 is 50.3 Å². The molecule has 0 aromatic heterocycles. The summed E-state index contributed by atoms with van der Waals surface area (Å²) in [6.07, 6.45) is 4.51. The Bertz CT molecular complexity index is 1610. The third kappa shape index (κ3) is 13.6. The number of aryl methyl sites for hydroxylation is 2. The van der Waals surface area contributed by atoms with Crippen LogP contribution in [0.3, 0.4) is 0 Å². The molecule has 244 valence electrons. The van der Waals surface area contributed by atoms with E-state index in [0.29, 0.717) is 0 Å². The molecule has 0 N–H and O–H groups in total. The number of halogens is 5. The van der Waals surface area contributed by atoms with Gasteiger partial charge in [0.2, 0.25) is 0 Å². The molecule has 47 heavy (non-hydrogen) atoms. The van der Waals surface area contributed by atoms with E-state index in [4.69, 9.17) is 50.3 Å². The van der Waals surface area contributed by atoms with Gasteiger partial charge in [0.25, 0.3) is 0 Å². The van der Waals surface area contributed by atoms with Gasteiger partial charge in [-0.2, -0.15) is 12.1 Å². The van der Waals surface area contributed by atoms with E-state index in [1.807, 2.05) is 0 Å². The molecule has 2 radical (unpaired) electrons. The number of fused-ring (bicyclic) bond motifs is 2. The number of rotatable bonds is 9. The van der Waals surface area contributed by atoms with Gasteiger partial charge < -0.3 is 0 Å². The van der Waals surface area contributed by atoms with E-state index in [-0.39, 0.29) is 0 Å². The maximum absolute atomic E-state index is 5.68. The van der Waals surface area contributed by atoms with E-state index < -0.39 is 26.9 Å². The first-order valence-corrected chi connectivity index (χ1v) is 29.2. The summed E-state index contributed by atoms with van der Waals surface area (Å²) in [5, 5.41) is 5.44. The van der Waals surface area contributed by atoms with Crippen molar-refractivity contribution in [3.63, 3.8) is 0 Å². The van der Waals surface area contributed by atoms with Crippen molar-refractivity contribution in [3.05, 3.63) is 132 Å². The molecular formula is C39H41Cl5Si2Zr. The third-order valence-corrected chi connectivity index (χ3v) is 11.2. The van der Waals surface area contributed by atoms with E-state index in [0.717, 1.165) is 34.8 Å². The zero-order chi connectivity index (χ0) is 34.1. The zero-order valence-electron chi connectivity index (χ0n) is 27.2. The Labute approximate surface area is 318 Å². The van der Waals surface area contributed by atoms with Gasteiger partial charge in [-0.05, 0) is 30.0 Å². The van der Waals surface area contributed by atoms with Gasteiger partial charge in [-0.25, -0.2) is 0 Å². The topological polar surface area (TPSA) is 0 Å². The Morgan fingerprint density at radius 1 is 0.617 bits per heavy atom. The molecule has 0 fully saturated rings. The summed E-state index contributed by atoms with van der Waals surface area (Å²) in [7, 11) is 10.9. The van der Waals surface area contributed by atoms with Crippen LogP contribution in [0.15, 0.2) is 121 Å². The Kier molecular flexibility index (Phi) is 18.7. The number of hydrogen-bond acceptors (Lipinski definition) is 0. The van der Waals surface area contributed by atoms with E-state index in [9.17, 15) is 0 Å². The fraction of sp³-hybridized carbons (Fsp3) is 0.231. The van der Waals surface area contributed by atoms with Crippen molar-refractivity contribution in [2.75, 3.05) is 0 Å². The third-order valence-electron chi connectivity index (χ3n) is 7.74. The molecule has 0 spiro atoms. The van der Waals surface area contributed by atoms with Gasteiger partial charge in [-0.1, -0.05) is 123 Å². The summed E-state index contributed by atoms with van der Waals surface area (Å²) >= 11 is 16.2. The summed E-state index contributed by atoms with van der Waals surface area (Å²) < 4.78 is 0. The van der Waals surface area contributed by atoms with Crippen molar-refractivity contribution in [2.24, 2.45) is 0 Å². The molecule has 0 aliphatic carbocycles. The molecule has 6 rings (SSSR count). The molecule has 8 heteroatoms. The second-order valence-corrected chi connectivity index (χ2v) is 25.2. The minimum atomic E-state index is -2.29. The van der Waals surface area contributed by atoms with Crippen molar-refractivity contribution in [1.82, 2.24) is 0 Å². The molecule has 0 aliphatic heterocycles. The zero-order valence-corrected chi connectivity index (χ0v) is 35.4. The normalized spacial score (nSPS) is 10.6. The van der Waals surface area contributed by atoms with Gasteiger partial charge in [0.15, 0.2) is 0 Å². The average molecular weight is 834 g/mol. The number of benzene rings is 4. The molecule has 0 heterocycles. The molecule has 0 nitrogen and oxygen atoms in total. The van der Waals surface area contributed by atoms with E-state index in [2.05, 4.69) is 142 Å². The summed E-state index contributed by atoms with van der Waals surface area (Å²) in [5.74, 6) is 0. The first-order valence-electron chi connectivity index (χ1n) is 15.9. The average Bonchev–Trinajstić information content (AvgIpc) is 3.72. The van der Waals surface area contributed by atoms with Crippen molar-refractivity contribution in [2.45, 2.75) is 58.2 Å². The van der Waals surface area contributed by atoms with Crippen molar-refractivity contribution >= 4 is 87.3 Å². The molecular weight excluding hydrogens is 793 g/mol. The number of unbranched alkanes of at least 4 members (excludes halogenated alkanes) is 1. The Balaban J connectivity index is 0.000000191. The fourth-order valence-corrected chi connectivity index (χ4v) is 7.83. The summed E-state index contributed by atoms with van der Waals surface area (Å²) in [4.78, 5) is 0. The minimum absolute atomic E-state index is 0.822. The SMILES string of the molecule is CCc1cc2c(-c3ccccc3)cccc2[cH-]1.CCc1cc2c(-c3ccccc3)cccc2[cH-]1.C[Si]CCCC[Si](Cl)(Cl)Cl.[Cl][Zr+2][Cl]. The molecule has 0 saturated carbocycles. The first kappa shape index (κ1) is 40.3. The van der Waals surface area contributed by atoms with E-state index >= 15 is 0 Å². The van der Waals surface area contributed by atoms with Gasteiger partial charge in [0.05, 0.1) is 0 Å². The molecule has 0 bridgehead atoms. The van der Waals surface area contributed by atoms with Crippen LogP contribution in [0, 0.1) is 0 Å². The molecule has 0 amide bonds. The van der Waals surface area contributed by atoms with Crippen LogP contribution in [0.1, 0.15) is 37.8 Å². The maximum atomic E-state index is 5.68. The van der Waals surface area contributed by atoms with E-state index in [1.54, 1.807) is 0 Å². The standard InChI is InChI=1S/2C17H15.C5H11Cl3Si2.2ClH.Zr/c2*1-2-13-11-15-9-6-10-16(17(15)12-13)14-7-4-3-5-8-14;1-9-4-2-3-5-10(6,7)8;;;/h2*3-12H,2H2,1H3;2-5H2,1H3;2*1H;/q2*-1;;;;+4/p-2. The Morgan fingerprint density at radius 3 is 1.40 bits per heavy atom. The number of hydrogen-bond donors (Lipinski definition) is 0. The summed E-state index contributed by atoms with van der Waals surface area (Å²) in [6, 6.07) is 43.3. The molecule has 6 aromatic rings. The van der Waals surface area contributed by atoms with Gasteiger partial charge in [0, 0.05) is 9.52 Å². The second-order valence-electron chi connectivity index (χ2n) is 11.0. The van der Waals surface area contributed by atoms with Crippen LogP contribution in [0.25, 0.3) is 43.8 Å². The van der Waals surface area contributed by atoms with Crippen molar-refractivity contribution in [1.29, 1.82) is 0 Å². The summed E-state index contributed by atoms with van der Waals surface area (Å²) in [5.41, 5.74) is 8.11. The van der Waals surface area contributed by atoms with Crippen LogP contribution in [0.5, 0.6) is 0 Å². The fourth-order valence-electron chi connectivity index (χ4n) is 5.37. The molecule has 0 atom stereocenters.